The summed E-state index contributed by atoms with van der Waals surface area (Å²) in [6.45, 7) is 1.84. The van der Waals surface area contributed by atoms with E-state index in [-0.39, 0.29) is 27.5 Å². The number of halogens is 1. The number of amides is 1. The fourth-order valence-corrected chi connectivity index (χ4v) is 2.60. The number of nitrogens with zero attached hydrogens (tertiary/aromatic N) is 1. The number of nitrogens with one attached hydrogen (secondary N) is 1. The Bertz CT molecular complexity index is 734. The van der Waals surface area contributed by atoms with Crippen LogP contribution in [0.3, 0.4) is 0 Å². The molecule has 0 bridgehead atoms. The summed E-state index contributed by atoms with van der Waals surface area (Å²) in [4.78, 5) is 23.0. The van der Waals surface area contributed by atoms with Gasteiger partial charge in [0.05, 0.1) is 28.1 Å². The molecule has 0 aliphatic carbocycles. The summed E-state index contributed by atoms with van der Waals surface area (Å²) in [5.41, 5.74) is 0.861. The standard InChI is InChI=1S/C16H15BrN2O4/c1-10(11-6-4-3-5-7-11)18-16(20)12-8-14(19(21)22)13(17)9-15(12)23-2/h3-10H,1-2H3,(H,18,20)/t10-/m1/s1. The first kappa shape index (κ1) is 17.0. The normalized spacial score (nSPS) is 11.6. The van der Waals surface area contributed by atoms with Gasteiger partial charge in [0.25, 0.3) is 11.6 Å². The minimum absolute atomic E-state index is 0.116. The van der Waals surface area contributed by atoms with E-state index in [1.165, 1.54) is 19.2 Å². The van der Waals surface area contributed by atoms with E-state index in [2.05, 4.69) is 21.2 Å². The topological polar surface area (TPSA) is 81.5 Å². The molecule has 7 heteroatoms. The van der Waals surface area contributed by atoms with Crippen LogP contribution in [0.15, 0.2) is 46.9 Å². The molecule has 0 saturated carbocycles. The van der Waals surface area contributed by atoms with Crippen LogP contribution >= 0.6 is 15.9 Å². The van der Waals surface area contributed by atoms with Crippen LogP contribution in [0, 0.1) is 10.1 Å². The SMILES string of the molecule is COc1cc(Br)c([N+](=O)[O-])cc1C(=O)N[C@H](C)c1ccccc1. The first-order chi connectivity index (χ1) is 10.9. The first-order valence-electron chi connectivity index (χ1n) is 6.81. The van der Waals surface area contributed by atoms with E-state index < -0.39 is 10.8 Å². The summed E-state index contributed by atoms with van der Waals surface area (Å²) in [6, 6.07) is 11.8. The molecule has 120 valence electrons. The molecule has 2 aromatic rings. The molecule has 0 saturated heterocycles. The molecular weight excluding hydrogens is 364 g/mol. The van der Waals surface area contributed by atoms with Crippen LogP contribution in [-0.4, -0.2) is 17.9 Å². The predicted octanol–water partition coefficient (Wildman–Crippen LogP) is 3.86. The largest absolute Gasteiger partial charge is 0.496 e. The van der Waals surface area contributed by atoms with Crippen LogP contribution in [0.2, 0.25) is 0 Å². The molecule has 0 aliphatic heterocycles. The molecule has 0 radical (unpaired) electrons. The Labute approximate surface area is 141 Å². The molecule has 0 aliphatic rings. The Morgan fingerprint density at radius 2 is 1.96 bits per heavy atom. The van der Waals surface area contributed by atoms with Crippen molar-refractivity contribution in [2.45, 2.75) is 13.0 Å². The van der Waals surface area contributed by atoms with Crippen LogP contribution < -0.4 is 10.1 Å². The minimum Gasteiger partial charge on any atom is -0.496 e. The average Bonchev–Trinajstić information content (AvgIpc) is 2.54. The van der Waals surface area contributed by atoms with E-state index in [1.54, 1.807) is 0 Å². The molecule has 2 aromatic carbocycles. The van der Waals surface area contributed by atoms with Crippen LogP contribution in [-0.2, 0) is 0 Å². The third-order valence-electron chi connectivity index (χ3n) is 3.36. The fraction of sp³-hybridized carbons (Fsp3) is 0.188. The Morgan fingerprint density at radius 3 is 2.52 bits per heavy atom. The van der Waals surface area contributed by atoms with Gasteiger partial charge in [-0.3, -0.25) is 14.9 Å². The van der Waals surface area contributed by atoms with E-state index in [1.807, 2.05) is 37.3 Å². The number of nitro groups is 1. The van der Waals surface area contributed by atoms with Crippen LogP contribution in [0.4, 0.5) is 5.69 Å². The van der Waals surface area contributed by atoms with Gasteiger partial charge in [0.2, 0.25) is 0 Å². The Hall–Kier alpha value is -2.41. The summed E-state index contributed by atoms with van der Waals surface area (Å²) in [5.74, 6) is -0.172. The number of carbonyl (C=O) groups excluding carboxylic acids is 1. The zero-order valence-corrected chi connectivity index (χ0v) is 14.2. The molecule has 1 N–H and O–H groups in total. The van der Waals surface area contributed by atoms with Gasteiger partial charge in [-0.15, -0.1) is 0 Å². The maximum absolute atomic E-state index is 12.5. The molecule has 0 spiro atoms. The number of carbonyl (C=O) groups is 1. The van der Waals surface area contributed by atoms with Gasteiger partial charge in [0.1, 0.15) is 5.75 Å². The Morgan fingerprint density at radius 1 is 1.30 bits per heavy atom. The lowest BCUT2D eigenvalue weighted by molar-refractivity contribution is -0.385. The van der Waals surface area contributed by atoms with Gasteiger partial charge < -0.3 is 10.1 Å². The highest BCUT2D eigenvalue weighted by molar-refractivity contribution is 9.10. The van der Waals surface area contributed by atoms with Crippen molar-refractivity contribution in [3.8, 4) is 5.75 Å². The van der Waals surface area contributed by atoms with Gasteiger partial charge >= 0.3 is 0 Å². The summed E-state index contributed by atoms with van der Waals surface area (Å²) < 4.78 is 5.41. The molecule has 0 heterocycles. The third kappa shape index (κ3) is 3.87. The van der Waals surface area contributed by atoms with Gasteiger partial charge in [-0.25, -0.2) is 0 Å². The van der Waals surface area contributed by atoms with Crippen LogP contribution in [0.1, 0.15) is 28.9 Å². The molecule has 6 nitrogen and oxygen atoms in total. The van der Waals surface area contributed by atoms with Gasteiger partial charge in [0.15, 0.2) is 0 Å². The van der Waals surface area contributed by atoms with E-state index in [0.717, 1.165) is 5.56 Å². The van der Waals surface area contributed by atoms with Crippen molar-refractivity contribution in [3.63, 3.8) is 0 Å². The lowest BCUT2D eigenvalue weighted by Crippen LogP contribution is -2.27. The number of hydrogen-bond acceptors (Lipinski definition) is 4. The van der Waals surface area contributed by atoms with E-state index in [0.29, 0.717) is 0 Å². The van der Waals surface area contributed by atoms with Crippen LogP contribution in [0.5, 0.6) is 5.75 Å². The van der Waals surface area contributed by atoms with Crippen molar-refractivity contribution in [2.24, 2.45) is 0 Å². The summed E-state index contributed by atoms with van der Waals surface area (Å²) in [6.07, 6.45) is 0. The highest BCUT2D eigenvalue weighted by atomic mass is 79.9. The smallest absolute Gasteiger partial charge is 0.284 e. The highest BCUT2D eigenvalue weighted by Crippen LogP contribution is 2.32. The highest BCUT2D eigenvalue weighted by Gasteiger charge is 2.22. The molecule has 2 rings (SSSR count). The van der Waals surface area contributed by atoms with Crippen LogP contribution in [0.25, 0.3) is 0 Å². The number of methoxy groups -OCH3 is 1. The minimum atomic E-state index is -0.555. The summed E-state index contributed by atoms with van der Waals surface area (Å²) in [7, 11) is 1.41. The molecular formula is C16H15BrN2O4. The van der Waals surface area contributed by atoms with E-state index in [9.17, 15) is 14.9 Å². The van der Waals surface area contributed by atoms with Gasteiger partial charge in [-0.1, -0.05) is 30.3 Å². The lowest BCUT2D eigenvalue weighted by atomic mass is 10.1. The number of ether oxygens (including phenoxy) is 1. The zero-order chi connectivity index (χ0) is 17.0. The second-order valence-corrected chi connectivity index (χ2v) is 5.72. The number of rotatable bonds is 5. The second kappa shape index (κ2) is 7.23. The average molecular weight is 379 g/mol. The van der Waals surface area contributed by atoms with Crippen molar-refractivity contribution in [3.05, 3.63) is 68.2 Å². The zero-order valence-electron chi connectivity index (χ0n) is 12.6. The van der Waals surface area contributed by atoms with Gasteiger partial charge in [0, 0.05) is 12.1 Å². The molecule has 23 heavy (non-hydrogen) atoms. The summed E-state index contributed by atoms with van der Waals surface area (Å²) >= 11 is 3.11. The number of hydrogen-bond donors (Lipinski definition) is 1. The molecule has 1 atom stereocenters. The molecule has 0 unspecified atom stereocenters. The van der Waals surface area contributed by atoms with Crippen molar-refractivity contribution in [1.82, 2.24) is 5.32 Å². The first-order valence-corrected chi connectivity index (χ1v) is 7.61. The predicted molar refractivity (Wildman–Crippen MR) is 89.7 cm³/mol. The maximum atomic E-state index is 12.5. The van der Waals surface area contributed by atoms with Crippen molar-refractivity contribution in [2.75, 3.05) is 7.11 Å². The third-order valence-corrected chi connectivity index (χ3v) is 3.99. The monoisotopic (exact) mass is 378 g/mol. The summed E-state index contributed by atoms with van der Waals surface area (Å²) in [5, 5.41) is 13.9. The Balaban J connectivity index is 2.31. The quantitative estimate of drug-likeness (QED) is 0.632. The fourth-order valence-electron chi connectivity index (χ4n) is 2.13. The number of nitro benzene ring substituents is 1. The second-order valence-electron chi connectivity index (χ2n) is 4.87. The molecule has 0 aromatic heterocycles. The van der Waals surface area contributed by atoms with Gasteiger partial charge in [-0.2, -0.15) is 0 Å². The maximum Gasteiger partial charge on any atom is 0.284 e. The van der Waals surface area contributed by atoms with E-state index >= 15 is 0 Å². The molecule has 0 fully saturated rings. The lowest BCUT2D eigenvalue weighted by Gasteiger charge is -2.16. The van der Waals surface area contributed by atoms with Gasteiger partial charge in [-0.05, 0) is 28.4 Å². The molecule has 1 amide bonds. The van der Waals surface area contributed by atoms with E-state index in [4.69, 9.17) is 4.74 Å². The van der Waals surface area contributed by atoms with Crippen molar-refractivity contribution in [1.29, 1.82) is 0 Å². The number of benzene rings is 2. The Kier molecular flexibility index (Phi) is 5.33. The van der Waals surface area contributed by atoms with Crippen molar-refractivity contribution < 1.29 is 14.5 Å². The van der Waals surface area contributed by atoms with Crippen molar-refractivity contribution >= 4 is 27.5 Å².